The van der Waals surface area contributed by atoms with Crippen LogP contribution >= 0.6 is 11.6 Å². The second kappa shape index (κ2) is 8.74. The highest BCUT2D eigenvalue weighted by molar-refractivity contribution is 6.33. The van der Waals surface area contributed by atoms with Crippen LogP contribution in [0.15, 0.2) is 51.7 Å². The van der Waals surface area contributed by atoms with Gasteiger partial charge in [0.15, 0.2) is 6.61 Å². The molecule has 0 radical (unpaired) electrons. The van der Waals surface area contributed by atoms with Gasteiger partial charge in [-0.3, -0.25) is 14.9 Å². The summed E-state index contributed by atoms with van der Waals surface area (Å²) in [6, 6.07) is 10.2. The third kappa shape index (κ3) is 4.91. The molecule has 0 atom stereocenters. The number of non-ortho nitro benzene ring substituents is 1. The third-order valence-corrected chi connectivity index (χ3v) is 4.46. The number of anilines is 1. The van der Waals surface area contributed by atoms with Crippen molar-refractivity contribution in [3.05, 3.63) is 73.6 Å². The van der Waals surface area contributed by atoms with E-state index in [1.807, 2.05) is 6.92 Å². The molecule has 1 heterocycles. The number of nitro groups is 1. The van der Waals surface area contributed by atoms with Gasteiger partial charge in [0, 0.05) is 29.7 Å². The zero-order valence-electron chi connectivity index (χ0n) is 15.4. The predicted molar refractivity (Wildman–Crippen MR) is 109 cm³/mol. The van der Waals surface area contributed by atoms with Gasteiger partial charge in [-0.15, -0.1) is 0 Å². The molecule has 0 unspecified atom stereocenters. The summed E-state index contributed by atoms with van der Waals surface area (Å²) in [4.78, 5) is 34.1. The number of nitrogens with one attached hydrogen (secondary N) is 1. The lowest BCUT2D eigenvalue weighted by Gasteiger charge is -2.10. The second-order valence-electron chi connectivity index (χ2n) is 6.26. The lowest BCUT2D eigenvalue weighted by molar-refractivity contribution is -0.384. The summed E-state index contributed by atoms with van der Waals surface area (Å²) in [6.07, 6.45) is 1.63. The monoisotopic (exact) mass is 416 g/mol. The van der Waals surface area contributed by atoms with Crippen molar-refractivity contribution in [2.75, 3.05) is 11.9 Å². The van der Waals surface area contributed by atoms with E-state index >= 15 is 0 Å². The van der Waals surface area contributed by atoms with Crippen LogP contribution < -0.4 is 15.7 Å². The van der Waals surface area contributed by atoms with Crippen LogP contribution in [0.4, 0.5) is 11.4 Å². The zero-order chi connectivity index (χ0) is 21.0. The molecule has 1 N–H and O–H groups in total. The molecule has 29 heavy (non-hydrogen) atoms. The molecule has 8 nitrogen and oxygen atoms in total. The fourth-order valence-electron chi connectivity index (χ4n) is 2.83. The van der Waals surface area contributed by atoms with Crippen LogP contribution in [0.2, 0.25) is 5.02 Å². The molecule has 1 aromatic heterocycles. The molecular weight excluding hydrogens is 400 g/mol. The molecular formula is C20H17ClN2O6. The molecule has 0 aliphatic rings. The van der Waals surface area contributed by atoms with Gasteiger partial charge in [-0.2, -0.15) is 0 Å². The topological polar surface area (TPSA) is 112 Å². The Morgan fingerprint density at radius 3 is 2.76 bits per heavy atom. The SMILES string of the molecule is CCCc1cc(=O)oc2cc(OCC(=O)Nc3cc([N+](=O)[O-])ccc3Cl)ccc12. The lowest BCUT2D eigenvalue weighted by Crippen LogP contribution is -2.20. The summed E-state index contributed by atoms with van der Waals surface area (Å²) in [5.41, 5.74) is 0.737. The van der Waals surface area contributed by atoms with Crippen molar-refractivity contribution in [1.82, 2.24) is 0 Å². The predicted octanol–water partition coefficient (Wildman–Crippen LogP) is 4.32. The van der Waals surface area contributed by atoms with Crippen LogP contribution in [-0.4, -0.2) is 17.4 Å². The number of benzene rings is 2. The average molecular weight is 417 g/mol. The Kier molecular flexibility index (Phi) is 6.13. The summed E-state index contributed by atoms with van der Waals surface area (Å²) in [6.45, 7) is 1.66. The number of carbonyl (C=O) groups is 1. The van der Waals surface area contributed by atoms with Crippen molar-refractivity contribution in [3.63, 3.8) is 0 Å². The zero-order valence-corrected chi connectivity index (χ0v) is 16.2. The maximum atomic E-state index is 12.1. The molecule has 0 aliphatic carbocycles. The fourth-order valence-corrected chi connectivity index (χ4v) is 3.00. The van der Waals surface area contributed by atoms with E-state index in [1.165, 1.54) is 24.3 Å². The summed E-state index contributed by atoms with van der Waals surface area (Å²) >= 11 is 5.96. The van der Waals surface area contributed by atoms with Crippen molar-refractivity contribution in [3.8, 4) is 5.75 Å². The molecule has 3 rings (SSSR count). The maximum absolute atomic E-state index is 12.1. The average Bonchev–Trinajstić information content (AvgIpc) is 2.67. The van der Waals surface area contributed by atoms with E-state index in [0.717, 1.165) is 23.8 Å². The summed E-state index contributed by atoms with van der Waals surface area (Å²) < 4.78 is 10.7. The van der Waals surface area contributed by atoms with Crippen molar-refractivity contribution < 1.29 is 18.9 Å². The summed E-state index contributed by atoms with van der Waals surface area (Å²) in [7, 11) is 0. The van der Waals surface area contributed by atoms with Gasteiger partial charge in [-0.05, 0) is 30.2 Å². The Labute approximate surface area is 170 Å². The summed E-state index contributed by atoms with van der Waals surface area (Å²) in [5.74, 6) is -0.205. The molecule has 1 amide bonds. The van der Waals surface area contributed by atoms with Gasteiger partial charge in [-0.1, -0.05) is 24.9 Å². The largest absolute Gasteiger partial charge is 0.484 e. The van der Waals surface area contributed by atoms with Gasteiger partial charge >= 0.3 is 5.63 Å². The number of hydrogen-bond donors (Lipinski definition) is 1. The molecule has 0 spiro atoms. The van der Waals surface area contributed by atoms with E-state index in [9.17, 15) is 19.7 Å². The Morgan fingerprint density at radius 2 is 2.03 bits per heavy atom. The van der Waals surface area contributed by atoms with Gasteiger partial charge in [0.25, 0.3) is 11.6 Å². The van der Waals surface area contributed by atoms with Crippen molar-refractivity contribution in [2.24, 2.45) is 0 Å². The van der Waals surface area contributed by atoms with E-state index in [2.05, 4.69) is 5.32 Å². The van der Waals surface area contributed by atoms with Crippen molar-refractivity contribution in [1.29, 1.82) is 0 Å². The Bertz CT molecular complexity index is 1140. The first kappa shape index (κ1) is 20.3. The first-order chi connectivity index (χ1) is 13.9. The van der Waals surface area contributed by atoms with E-state index in [-0.39, 0.29) is 23.0 Å². The highest BCUT2D eigenvalue weighted by atomic mass is 35.5. The number of ether oxygens (including phenoxy) is 1. The van der Waals surface area contributed by atoms with Crippen LogP contribution in [0, 0.1) is 10.1 Å². The summed E-state index contributed by atoms with van der Waals surface area (Å²) in [5, 5.41) is 14.3. The lowest BCUT2D eigenvalue weighted by atomic mass is 10.1. The van der Waals surface area contributed by atoms with Crippen LogP contribution in [0.25, 0.3) is 11.0 Å². The molecule has 150 valence electrons. The van der Waals surface area contributed by atoms with Crippen LogP contribution in [0.3, 0.4) is 0 Å². The normalized spacial score (nSPS) is 10.7. The number of nitrogens with zero attached hydrogens (tertiary/aromatic N) is 1. The Balaban J connectivity index is 1.72. The number of nitro benzene ring substituents is 1. The molecule has 9 heteroatoms. The minimum absolute atomic E-state index is 0.114. The minimum atomic E-state index is -0.585. The minimum Gasteiger partial charge on any atom is -0.484 e. The fraction of sp³-hybridized carbons (Fsp3) is 0.200. The maximum Gasteiger partial charge on any atom is 0.336 e. The first-order valence-corrected chi connectivity index (χ1v) is 9.18. The van der Waals surface area contributed by atoms with Gasteiger partial charge in [-0.25, -0.2) is 4.79 Å². The van der Waals surface area contributed by atoms with E-state index in [1.54, 1.807) is 18.2 Å². The molecule has 0 saturated heterocycles. The van der Waals surface area contributed by atoms with E-state index < -0.39 is 16.5 Å². The molecule has 2 aromatic carbocycles. The molecule has 0 aliphatic heterocycles. The smallest absolute Gasteiger partial charge is 0.336 e. The van der Waals surface area contributed by atoms with Gasteiger partial charge in [0.05, 0.1) is 15.6 Å². The highest BCUT2D eigenvalue weighted by Gasteiger charge is 2.13. The second-order valence-corrected chi connectivity index (χ2v) is 6.66. The molecule has 3 aromatic rings. The van der Waals surface area contributed by atoms with Crippen molar-refractivity contribution in [2.45, 2.75) is 19.8 Å². The number of carbonyl (C=O) groups excluding carboxylic acids is 1. The number of halogens is 1. The number of hydrogen-bond acceptors (Lipinski definition) is 6. The number of rotatable bonds is 7. The molecule has 0 fully saturated rings. The Morgan fingerprint density at radius 1 is 1.24 bits per heavy atom. The molecule has 0 bridgehead atoms. The quantitative estimate of drug-likeness (QED) is 0.348. The van der Waals surface area contributed by atoms with Crippen LogP contribution in [0.1, 0.15) is 18.9 Å². The van der Waals surface area contributed by atoms with Gasteiger partial charge < -0.3 is 14.5 Å². The number of aryl methyl sites for hydroxylation is 1. The number of amides is 1. The Hall–Kier alpha value is -3.39. The van der Waals surface area contributed by atoms with Crippen LogP contribution in [-0.2, 0) is 11.2 Å². The molecule has 0 saturated carbocycles. The van der Waals surface area contributed by atoms with Crippen molar-refractivity contribution >= 4 is 39.9 Å². The van der Waals surface area contributed by atoms with Gasteiger partial charge in [0.1, 0.15) is 11.3 Å². The third-order valence-electron chi connectivity index (χ3n) is 4.13. The van der Waals surface area contributed by atoms with E-state index in [4.69, 9.17) is 20.8 Å². The standard InChI is InChI=1S/C20H17ClN2O6/c1-2-3-12-8-20(25)29-18-10-14(5-6-15(12)18)28-11-19(24)22-17-9-13(23(26)27)4-7-16(17)21/h4-10H,2-3,11H2,1H3,(H,22,24). The first-order valence-electron chi connectivity index (χ1n) is 8.80. The van der Waals surface area contributed by atoms with Crippen LogP contribution in [0.5, 0.6) is 5.75 Å². The van der Waals surface area contributed by atoms with Gasteiger partial charge in [0.2, 0.25) is 0 Å². The number of fused-ring (bicyclic) bond motifs is 1. The highest BCUT2D eigenvalue weighted by Crippen LogP contribution is 2.27. The van der Waals surface area contributed by atoms with E-state index in [0.29, 0.717) is 11.3 Å².